The van der Waals surface area contributed by atoms with Gasteiger partial charge in [0.05, 0.1) is 12.7 Å². The minimum absolute atomic E-state index is 0.222. The van der Waals surface area contributed by atoms with Crippen LogP contribution in [0.25, 0.3) is 0 Å². The highest BCUT2D eigenvalue weighted by Crippen LogP contribution is 2.47. The van der Waals surface area contributed by atoms with Gasteiger partial charge < -0.3 is 22.4 Å². The van der Waals surface area contributed by atoms with Crippen LogP contribution in [0.3, 0.4) is 0 Å². The van der Waals surface area contributed by atoms with E-state index in [-0.39, 0.29) is 28.7 Å². The molecule has 0 aromatic heterocycles. The minimum atomic E-state index is -2.63. The minimum Gasteiger partial charge on any atom is -0.414 e. The number of fused-ring (bicyclic) bond motifs is 1. The van der Waals surface area contributed by atoms with Gasteiger partial charge >= 0.3 is 17.1 Å². The van der Waals surface area contributed by atoms with E-state index in [9.17, 15) is 0 Å². The topological polar surface area (TPSA) is 46.2 Å². The molecular weight excluding hydrogens is 388 g/mol. The molecule has 0 saturated carbocycles. The van der Waals surface area contributed by atoms with Gasteiger partial charge in [-0.1, -0.05) is 55.4 Å². The number of halogens is 1. The molecule has 4 atom stereocenters. The van der Waals surface area contributed by atoms with E-state index in [4.69, 9.17) is 34.0 Å². The van der Waals surface area contributed by atoms with Crippen LogP contribution in [-0.4, -0.2) is 54.7 Å². The van der Waals surface area contributed by atoms with Crippen molar-refractivity contribution in [3.63, 3.8) is 0 Å². The fourth-order valence-electron chi connectivity index (χ4n) is 4.28. The third kappa shape index (κ3) is 3.83. The quantitative estimate of drug-likeness (QED) is 0.462. The summed E-state index contributed by atoms with van der Waals surface area (Å²) in [7, 11) is -3.54. The lowest BCUT2D eigenvalue weighted by Crippen LogP contribution is -2.65. The highest BCUT2D eigenvalue weighted by Gasteiger charge is 2.61. The van der Waals surface area contributed by atoms with Crippen molar-refractivity contribution in [2.24, 2.45) is 0 Å². The van der Waals surface area contributed by atoms with Crippen LogP contribution in [0, 0.1) is 0 Å². The molecule has 0 N–H and O–H groups in total. The monoisotopic (exact) mass is 424 g/mol. The molecule has 0 aromatic rings. The van der Waals surface area contributed by atoms with Crippen LogP contribution in [0.15, 0.2) is 0 Å². The maximum Gasteiger partial charge on any atom is 0.335 e. The van der Waals surface area contributed by atoms with E-state index in [1.165, 1.54) is 0 Å². The van der Waals surface area contributed by atoms with Gasteiger partial charge in [0.15, 0.2) is 6.29 Å². The second kappa shape index (κ2) is 8.49. The van der Waals surface area contributed by atoms with E-state index in [1.807, 2.05) is 0 Å². The molecule has 8 heteroatoms. The summed E-state index contributed by atoms with van der Waals surface area (Å²) in [5, 5.41) is -0.367. The Morgan fingerprint density at radius 3 is 1.81 bits per heavy atom. The number of ether oxygens (including phenoxy) is 2. The van der Waals surface area contributed by atoms with Gasteiger partial charge in [-0.25, -0.2) is 0 Å². The summed E-state index contributed by atoms with van der Waals surface area (Å²) in [5.41, 5.74) is 1.19. The van der Waals surface area contributed by atoms with Crippen molar-refractivity contribution >= 4 is 28.7 Å². The van der Waals surface area contributed by atoms with Gasteiger partial charge in [0.25, 0.3) is 0 Å². The molecule has 2 fully saturated rings. The first kappa shape index (κ1) is 22.8. The lowest BCUT2D eigenvalue weighted by molar-refractivity contribution is -0.128. The van der Waals surface area contributed by atoms with E-state index in [1.54, 1.807) is 7.11 Å². The molecule has 0 aliphatic carbocycles. The molecule has 0 bridgehead atoms. The zero-order valence-electron chi connectivity index (χ0n) is 17.7. The maximum absolute atomic E-state index is 7.12. The normalized spacial score (nSPS) is 34.4. The molecule has 5 nitrogen and oxygen atoms in total. The molecule has 0 aromatic carbocycles. The van der Waals surface area contributed by atoms with Crippen molar-refractivity contribution in [3.8, 4) is 0 Å². The molecule has 2 aliphatic rings. The first-order valence-electron chi connectivity index (χ1n) is 9.86. The highest BCUT2D eigenvalue weighted by molar-refractivity contribution is 6.84. The van der Waals surface area contributed by atoms with Crippen LogP contribution >= 0.6 is 11.6 Å². The van der Waals surface area contributed by atoms with E-state index in [0.717, 1.165) is 0 Å². The maximum atomic E-state index is 7.12. The Bertz CT molecular complexity index is 458. The molecule has 2 rings (SSSR count). The fourth-order valence-corrected chi connectivity index (χ4v) is 16.0. The Morgan fingerprint density at radius 2 is 1.38 bits per heavy atom. The van der Waals surface area contributed by atoms with Crippen molar-refractivity contribution < 1.29 is 22.4 Å². The summed E-state index contributed by atoms with van der Waals surface area (Å²) in [6.07, 6.45) is -0.974. The zero-order chi connectivity index (χ0) is 19.9. The smallest absolute Gasteiger partial charge is 0.335 e. The van der Waals surface area contributed by atoms with Crippen LogP contribution in [0.1, 0.15) is 55.4 Å². The Labute approximate surface area is 166 Å². The number of alkyl halides is 1. The number of hydrogen-bond acceptors (Lipinski definition) is 5. The van der Waals surface area contributed by atoms with Crippen LogP contribution in [0.5, 0.6) is 0 Å². The Balaban J connectivity index is 2.52. The van der Waals surface area contributed by atoms with Crippen LogP contribution in [0.2, 0.25) is 22.2 Å². The van der Waals surface area contributed by atoms with Crippen molar-refractivity contribution in [3.05, 3.63) is 0 Å². The van der Waals surface area contributed by atoms with Crippen LogP contribution in [-0.2, 0) is 22.4 Å². The lowest BCUT2D eigenvalue weighted by Gasteiger charge is -2.51. The summed E-state index contributed by atoms with van der Waals surface area (Å²) in [5.74, 6) is 0. The third-order valence-electron chi connectivity index (χ3n) is 5.81. The zero-order valence-corrected chi connectivity index (χ0v) is 20.5. The van der Waals surface area contributed by atoms with E-state index in [2.05, 4.69) is 55.4 Å². The van der Waals surface area contributed by atoms with Gasteiger partial charge in [-0.2, -0.15) is 0 Å². The summed E-state index contributed by atoms with van der Waals surface area (Å²) in [6, 6.07) is 0. The van der Waals surface area contributed by atoms with Crippen molar-refractivity contribution in [2.45, 2.75) is 101 Å². The van der Waals surface area contributed by atoms with Gasteiger partial charge in [-0.15, -0.1) is 11.6 Å². The molecule has 154 valence electrons. The number of hydrogen-bond donors (Lipinski definition) is 0. The van der Waals surface area contributed by atoms with Crippen molar-refractivity contribution in [1.82, 2.24) is 0 Å². The first-order valence-corrected chi connectivity index (χ1v) is 14.2. The van der Waals surface area contributed by atoms with Crippen LogP contribution in [0.4, 0.5) is 0 Å². The molecule has 0 unspecified atom stereocenters. The summed E-state index contributed by atoms with van der Waals surface area (Å²) >= 11 is 6.66. The molecule has 0 radical (unpaired) electrons. The van der Waals surface area contributed by atoms with Gasteiger partial charge in [-0.05, 0) is 22.2 Å². The number of methoxy groups -OCH3 is 1. The third-order valence-corrected chi connectivity index (χ3v) is 16.5. The predicted octanol–water partition coefficient (Wildman–Crippen LogP) is 4.92. The first-order chi connectivity index (χ1) is 12.0. The standard InChI is InChI=1S/C18H37ClO5Si2/c1-11(2)25(12(3)4)21-10-15-17(16(19)18(20-9)22-15)23-26(24-25,13(5)6)14(7)8/h11-18H,10H2,1-9H3/t15-,16-,17-,18+/m1/s1. The van der Waals surface area contributed by atoms with E-state index < -0.39 is 23.4 Å². The molecule has 2 saturated heterocycles. The van der Waals surface area contributed by atoms with Gasteiger partial charge in [-0.3, -0.25) is 0 Å². The Kier molecular flexibility index (Phi) is 7.45. The second-order valence-corrected chi connectivity index (χ2v) is 18.1. The van der Waals surface area contributed by atoms with Crippen LogP contribution < -0.4 is 0 Å². The Morgan fingerprint density at radius 1 is 0.885 bits per heavy atom. The molecular formula is C18H37ClO5Si2. The van der Waals surface area contributed by atoms with Gasteiger partial charge in [0, 0.05) is 7.11 Å². The lowest BCUT2D eigenvalue weighted by atomic mass is 10.2. The fraction of sp³-hybridized carbons (Fsp3) is 1.00. The summed E-state index contributed by atoms with van der Waals surface area (Å²) in [4.78, 5) is 0. The SMILES string of the molecule is CO[C@H]1O[C@@H]2CO[Si](C(C)C)(C(C)C)O[Si](C(C)C)(C(C)C)O[C@H]2[C@H]1Cl. The molecule has 0 spiro atoms. The highest BCUT2D eigenvalue weighted by atomic mass is 35.5. The van der Waals surface area contributed by atoms with E-state index >= 15 is 0 Å². The number of rotatable bonds is 5. The molecule has 26 heavy (non-hydrogen) atoms. The second-order valence-electron chi connectivity index (χ2n) is 8.78. The molecule has 2 heterocycles. The average molecular weight is 425 g/mol. The van der Waals surface area contributed by atoms with Crippen molar-refractivity contribution in [2.75, 3.05) is 13.7 Å². The van der Waals surface area contributed by atoms with Gasteiger partial charge in [0.1, 0.15) is 11.5 Å². The van der Waals surface area contributed by atoms with Gasteiger partial charge in [0.2, 0.25) is 0 Å². The summed E-state index contributed by atoms with van der Waals surface area (Å²) < 4.78 is 32.1. The van der Waals surface area contributed by atoms with E-state index in [0.29, 0.717) is 17.7 Å². The van der Waals surface area contributed by atoms with Crippen molar-refractivity contribution in [1.29, 1.82) is 0 Å². The average Bonchev–Trinajstić information content (AvgIpc) is 2.81. The Hall–Kier alpha value is 0.524. The largest absolute Gasteiger partial charge is 0.414 e. The molecule has 0 amide bonds. The summed E-state index contributed by atoms with van der Waals surface area (Å²) in [6.45, 7) is 18.1. The predicted molar refractivity (Wildman–Crippen MR) is 109 cm³/mol. The molecule has 2 aliphatic heterocycles.